The van der Waals surface area contributed by atoms with Crippen LogP contribution in [0.1, 0.15) is 51.0 Å². The average Bonchev–Trinajstić information content (AvgIpc) is 2.98. The summed E-state index contributed by atoms with van der Waals surface area (Å²) in [6.07, 6.45) is 13.6. The molecule has 0 saturated heterocycles. The van der Waals surface area contributed by atoms with Gasteiger partial charge in [-0.25, -0.2) is 0 Å². The van der Waals surface area contributed by atoms with Crippen molar-refractivity contribution in [2.75, 3.05) is 6.54 Å². The Hall–Kier alpha value is -0.830. The van der Waals surface area contributed by atoms with Crippen molar-refractivity contribution in [3.8, 4) is 0 Å². The number of nitrogens with one attached hydrogen (secondary N) is 1. The maximum absolute atomic E-state index is 4.27. The summed E-state index contributed by atoms with van der Waals surface area (Å²) in [5.74, 6) is 0.955. The predicted molar refractivity (Wildman–Crippen MR) is 75.6 cm³/mol. The van der Waals surface area contributed by atoms with Crippen molar-refractivity contribution in [2.45, 2.75) is 57.9 Å². The van der Waals surface area contributed by atoms with Crippen LogP contribution < -0.4 is 5.32 Å². The Balaban J connectivity index is 1.86. The van der Waals surface area contributed by atoms with E-state index in [-0.39, 0.29) is 0 Å². The second-order valence-corrected chi connectivity index (χ2v) is 5.76. The summed E-state index contributed by atoms with van der Waals surface area (Å²) in [6.45, 7) is 3.38. The lowest BCUT2D eigenvalue weighted by Crippen LogP contribution is -2.33. The van der Waals surface area contributed by atoms with Gasteiger partial charge in [-0.2, -0.15) is 5.10 Å². The monoisotopic (exact) mass is 249 g/mol. The summed E-state index contributed by atoms with van der Waals surface area (Å²) >= 11 is 0. The zero-order chi connectivity index (χ0) is 12.8. The molecule has 102 valence electrons. The van der Waals surface area contributed by atoms with E-state index in [1.54, 1.807) is 0 Å². The van der Waals surface area contributed by atoms with Crippen molar-refractivity contribution in [1.29, 1.82) is 0 Å². The van der Waals surface area contributed by atoms with Crippen LogP contribution in [0.25, 0.3) is 0 Å². The van der Waals surface area contributed by atoms with Gasteiger partial charge in [0.15, 0.2) is 0 Å². The third-order valence-corrected chi connectivity index (χ3v) is 4.02. The molecule has 1 fully saturated rings. The summed E-state index contributed by atoms with van der Waals surface area (Å²) in [6, 6.07) is 0.636. The highest BCUT2D eigenvalue weighted by Gasteiger charge is 2.20. The smallest absolute Gasteiger partial charge is 0.0522 e. The van der Waals surface area contributed by atoms with Gasteiger partial charge in [-0.15, -0.1) is 0 Å². The van der Waals surface area contributed by atoms with Crippen LogP contribution in [0.3, 0.4) is 0 Å². The van der Waals surface area contributed by atoms with Crippen molar-refractivity contribution in [2.24, 2.45) is 13.0 Å². The molecular weight excluding hydrogens is 222 g/mol. The number of aryl methyl sites for hydroxylation is 1. The minimum Gasteiger partial charge on any atom is -0.314 e. The van der Waals surface area contributed by atoms with Gasteiger partial charge in [-0.3, -0.25) is 4.68 Å². The fourth-order valence-corrected chi connectivity index (χ4v) is 3.10. The molecule has 0 radical (unpaired) electrons. The first-order chi connectivity index (χ1) is 8.78. The van der Waals surface area contributed by atoms with Gasteiger partial charge in [0.1, 0.15) is 0 Å². The molecule has 0 aromatic carbocycles. The lowest BCUT2D eigenvalue weighted by atomic mass is 9.95. The molecule has 2 rings (SSSR count). The molecule has 1 atom stereocenters. The molecule has 1 aliphatic rings. The van der Waals surface area contributed by atoms with E-state index >= 15 is 0 Å². The van der Waals surface area contributed by atoms with Gasteiger partial charge in [0, 0.05) is 19.3 Å². The third kappa shape index (κ3) is 4.13. The lowest BCUT2D eigenvalue weighted by Gasteiger charge is -2.21. The Kier molecular flexibility index (Phi) is 5.24. The minimum atomic E-state index is 0.636. The second kappa shape index (κ2) is 6.93. The van der Waals surface area contributed by atoms with Gasteiger partial charge in [-0.1, -0.05) is 32.6 Å². The van der Waals surface area contributed by atoms with Crippen LogP contribution in [0.2, 0.25) is 0 Å². The van der Waals surface area contributed by atoms with Gasteiger partial charge in [0.05, 0.1) is 6.20 Å². The van der Waals surface area contributed by atoms with Gasteiger partial charge in [0.2, 0.25) is 0 Å². The quantitative estimate of drug-likeness (QED) is 0.805. The lowest BCUT2D eigenvalue weighted by molar-refractivity contribution is 0.385. The van der Waals surface area contributed by atoms with E-state index in [0.29, 0.717) is 6.04 Å². The van der Waals surface area contributed by atoms with E-state index < -0.39 is 0 Å². The Labute approximate surface area is 111 Å². The van der Waals surface area contributed by atoms with E-state index in [1.807, 2.05) is 17.9 Å². The summed E-state index contributed by atoms with van der Waals surface area (Å²) in [5.41, 5.74) is 1.36. The van der Waals surface area contributed by atoms with Gasteiger partial charge in [0.25, 0.3) is 0 Å². The van der Waals surface area contributed by atoms with Crippen molar-refractivity contribution in [1.82, 2.24) is 15.1 Å². The van der Waals surface area contributed by atoms with Crippen LogP contribution in [0, 0.1) is 5.92 Å². The van der Waals surface area contributed by atoms with Crippen LogP contribution in [-0.4, -0.2) is 22.4 Å². The van der Waals surface area contributed by atoms with E-state index in [0.717, 1.165) is 18.9 Å². The maximum atomic E-state index is 4.27. The highest BCUT2D eigenvalue weighted by molar-refractivity contribution is 5.06. The first-order valence-corrected chi connectivity index (χ1v) is 7.49. The minimum absolute atomic E-state index is 0.636. The predicted octanol–water partition coefficient (Wildman–Crippen LogP) is 2.91. The molecule has 3 nitrogen and oxygen atoms in total. The van der Waals surface area contributed by atoms with Gasteiger partial charge < -0.3 is 5.32 Å². The Morgan fingerprint density at radius 3 is 2.83 bits per heavy atom. The van der Waals surface area contributed by atoms with E-state index in [1.165, 1.54) is 44.1 Å². The van der Waals surface area contributed by atoms with Crippen LogP contribution >= 0.6 is 0 Å². The van der Waals surface area contributed by atoms with E-state index in [4.69, 9.17) is 0 Å². The fourth-order valence-electron chi connectivity index (χ4n) is 3.10. The second-order valence-electron chi connectivity index (χ2n) is 5.76. The Morgan fingerprint density at radius 2 is 2.22 bits per heavy atom. The molecule has 1 unspecified atom stereocenters. The maximum Gasteiger partial charge on any atom is 0.0522 e. The van der Waals surface area contributed by atoms with Crippen molar-refractivity contribution in [3.05, 3.63) is 18.0 Å². The molecule has 1 heterocycles. The first kappa shape index (κ1) is 13.6. The van der Waals surface area contributed by atoms with Crippen LogP contribution in [0.5, 0.6) is 0 Å². The SMILES string of the molecule is CCCNC(Cc1cnn(C)c1)CC1CCCC1. The largest absolute Gasteiger partial charge is 0.314 e. The molecule has 3 heteroatoms. The molecule has 0 amide bonds. The Bertz CT molecular complexity index is 339. The first-order valence-electron chi connectivity index (χ1n) is 7.49. The fraction of sp³-hybridized carbons (Fsp3) is 0.800. The summed E-state index contributed by atoms with van der Waals surface area (Å²) in [7, 11) is 1.99. The molecule has 0 aliphatic heterocycles. The van der Waals surface area contributed by atoms with E-state index in [9.17, 15) is 0 Å². The zero-order valence-corrected chi connectivity index (χ0v) is 11.9. The standard InChI is InChI=1S/C15H27N3/c1-3-8-16-15(9-13-6-4-5-7-13)10-14-11-17-18(2)12-14/h11-13,15-16H,3-10H2,1-2H3. The normalized spacial score (nSPS) is 18.3. The summed E-state index contributed by atoms with van der Waals surface area (Å²) in [5, 5.41) is 7.99. The average molecular weight is 249 g/mol. The molecule has 1 N–H and O–H groups in total. The molecule has 0 spiro atoms. The molecule has 1 aliphatic carbocycles. The Morgan fingerprint density at radius 1 is 1.44 bits per heavy atom. The molecule has 1 saturated carbocycles. The zero-order valence-electron chi connectivity index (χ0n) is 11.9. The van der Waals surface area contributed by atoms with Crippen LogP contribution in [-0.2, 0) is 13.5 Å². The molecule has 1 aromatic rings. The number of hydrogen-bond donors (Lipinski definition) is 1. The molecule has 0 bridgehead atoms. The number of aromatic nitrogens is 2. The topological polar surface area (TPSA) is 29.9 Å². The molecule has 18 heavy (non-hydrogen) atoms. The van der Waals surface area contributed by atoms with Crippen LogP contribution in [0.15, 0.2) is 12.4 Å². The van der Waals surface area contributed by atoms with Gasteiger partial charge >= 0.3 is 0 Å². The van der Waals surface area contributed by atoms with E-state index in [2.05, 4.69) is 23.5 Å². The van der Waals surface area contributed by atoms with Crippen molar-refractivity contribution >= 4 is 0 Å². The summed E-state index contributed by atoms with van der Waals surface area (Å²) in [4.78, 5) is 0. The highest BCUT2D eigenvalue weighted by Crippen LogP contribution is 2.29. The van der Waals surface area contributed by atoms with Crippen molar-refractivity contribution in [3.63, 3.8) is 0 Å². The highest BCUT2D eigenvalue weighted by atomic mass is 15.2. The van der Waals surface area contributed by atoms with Crippen LogP contribution in [0.4, 0.5) is 0 Å². The molecular formula is C15H27N3. The van der Waals surface area contributed by atoms with Gasteiger partial charge in [-0.05, 0) is 37.3 Å². The third-order valence-electron chi connectivity index (χ3n) is 4.02. The number of nitrogens with zero attached hydrogens (tertiary/aromatic N) is 2. The summed E-state index contributed by atoms with van der Waals surface area (Å²) < 4.78 is 1.90. The number of hydrogen-bond acceptors (Lipinski definition) is 2. The van der Waals surface area contributed by atoms with Crippen molar-refractivity contribution < 1.29 is 0 Å². The molecule has 1 aromatic heterocycles. The number of rotatable bonds is 7.